The molecule has 0 fully saturated rings. The molecular formula is C10H19B7N4. The lowest BCUT2D eigenvalue weighted by atomic mass is 8.87. The topological polar surface area (TPSA) is 54.0 Å². The zero-order chi connectivity index (χ0) is 15.0. The Morgan fingerprint density at radius 3 is 2.81 bits per heavy atom. The van der Waals surface area contributed by atoms with E-state index in [0.29, 0.717) is 18.8 Å². The average Bonchev–Trinajstić information content (AvgIpc) is 2.47. The highest BCUT2D eigenvalue weighted by molar-refractivity contribution is 7.59. The van der Waals surface area contributed by atoms with Gasteiger partial charge in [-0.15, -0.1) is 0 Å². The summed E-state index contributed by atoms with van der Waals surface area (Å²) in [4.78, 5) is 2.12. The third-order valence-electron chi connectivity index (χ3n) is 5.33. The lowest BCUT2D eigenvalue weighted by Crippen LogP contribution is -2.61. The Hall–Kier alpha value is -1.13. The molecule has 21 heavy (non-hydrogen) atoms. The Balaban J connectivity index is 2.14. The van der Waals surface area contributed by atoms with Crippen LogP contribution in [0.3, 0.4) is 0 Å². The van der Waals surface area contributed by atoms with Crippen LogP contribution in [-0.4, -0.2) is 54.9 Å². The molecule has 3 rings (SSSR count). The van der Waals surface area contributed by atoms with E-state index in [1.807, 2.05) is 0 Å². The van der Waals surface area contributed by atoms with Crippen molar-refractivity contribution in [3.8, 4) is 0 Å². The lowest BCUT2D eigenvalue weighted by molar-refractivity contribution is 0.410. The molecular weight excluding hydrogens is 252 g/mol. The zero-order valence-corrected chi connectivity index (χ0v) is 13.3. The molecule has 2 heterocycles. The second kappa shape index (κ2) is 5.94. The first-order valence-corrected chi connectivity index (χ1v) is 8.15. The number of rotatable bonds is 3. The molecule has 2 N–H and O–H groups in total. The highest BCUT2D eigenvalue weighted by atomic mass is 15.6. The molecule has 1 aromatic carbocycles. The summed E-state index contributed by atoms with van der Waals surface area (Å²) in [6, 6.07) is 6.75. The smallest absolute Gasteiger partial charge is 0.227 e. The molecule has 0 amide bonds. The van der Waals surface area contributed by atoms with Crippen molar-refractivity contribution in [1.29, 1.82) is 0 Å². The van der Waals surface area contributed by atoms with E-state index >= 15 is 0 Å². The fourth-order valence-electron chi connectivity index (χ4n) is 4.50. The van der Waals surface area contributed by atoms with Gasteiger partial charge in [0.05, 0.1) is 43.3 Å². The summed E-state index contributed by atoms with van der Waals surface area (Å²) in [7, 11) is 8.13. The maximum Gasteiger partial charge on any atom is 0.227 e. The normalized spacial score (nSPS) is 20.6. The monoisotopic (exact) mass is 272 g/mol. The van der Waals surface area contributed by atoms with Gasteiger partial charge in [-0.05, 0) is 17.5 Å². The van der Waals surface area contributed by atoms with Crippen molar-refractivity contribution in [2.45, 2.75) is 25.0 Å². The fourth-order valence-corrected chi connectivity index (χ4v) is 4.50. The van der Waals surface area contributed by atoms with Crippen molar-refractivity contribution in [3.63, 3.8) is 0 Å². The third-order valence-corrected chi connectivity index (χ3v) is 5.33. The third kappa shape index (κ3) is 2.45. The van der Waals surface area contributed by atoms with E-state index in [2.05, 4.69) is 56.8 Å². The molecule has 1 atom stereocenters. The van der Waals surface area contributed by atoms with Gasteiger partial charge in [-0.1, -0.05) is 46.2 Å². The van der Waals surface area contributed by atoms with Crippen molar-refractivity contribution in [1.82, 2.24) is 4.92 Å². The number of nitrogens with two attached hydrogens (primary N) is 1. The van der Waals surface area contributed by atoms with Crippen molar-refractivity contribution < 1.29 is 0 Å². The number of nitrogens with zero attached hydrogens (tertiary/aromatic N) is 3. The van der Waals surface area contributed by atoms with Crippen molar-refractivity contribution in [3.05, 3.63) is 34.9 Å². The molecule has 0 radical (unpaired) electrons. The molecule has 2 aliphatic rings. The predicted molar refractivity (Wildman–Crippen MR) is 102 cm³/mol. The largest absolute Gasteiger partial charge is 0.327 e. The molecule has 0 unspecified atom stereocenters. The molecule has 100 valence electrons. The van der Waals surface area contributed by atoms with Crippen LogP contribution < -0.4 is 5.84 Å². The highest BCUT2D eigenvalue weighted by Gasteiger charge is 2.47. The Morgan fingerprint density at radius 1 is 1.38 bits per heavy atom. The van der Waals surface area contributed by atoms with Crippen LogP contribution in [0.5, 0.6) is 0 Å². The maximum atomic E-state index is 5.36. The number of hydrogen-bond donors (Lipinski definition) is 1. The Kier molecular flexibility index (Phi) is 4.18. The molecule has 1 aromatic rings. The molecule has 2 aliphatic heterocycles. The van der Waals surface area contributed by atoms with Crippen molar-refractivity contribution >= 4 is 50.0 Å². The number of benzene rings is 1. The van der Waals surface area contributed by atoms with E-state index in [9.17, 15) is 0 Å². The van der Waals surface area contributed by atoms with Crippen LogP contribution in [0.4, 0.5) is 0 Å². The van der Waals surface area contributed by atoms with Gasteiger partial charge in [-0.3, -0.25) is 0 Å². The van der Waals surface area contributed by atoms with Crippen LogP contribution >= 0.6 is 0 Å². The first-order chi connectivity index (χ1) is 10.2. The first-order valence-electron chi connectivity index (χ1n) is 8.15. The minimum atomic E-state index is 0.399. The molecule has 4 nitrogen and oxygen atoms in total. The van der Waals surface area contributed by atoms with Gasteiger partial charge >= 0.3 is 0 Å². The van der Waals surface area contributed by atoms with Gasteiger partial charge in [0.15, 0.2) is 0 Å². The van der Waals surface area contributed by atoms with Gasteiger partial charge in [0.25, 0.3) is 0 Å². The SMILES string of the molecule is BBB1CCc2cccc3c2[C@@H]1B(B(B)B)N(/N=N/N)C3. The molecule has 0 spiro atoms. The Morgan fingerprint density at radius 2 is 2.14 bits per heavy atom. The van der Waals surface area contributed by atoms with Gasteiger partial charge in [-0.25, -0.2) is 0 Å². The van der Waals surface area contributed by atoms with Crippen LogP contribution in [0.2, 0.25) is 6.32 Å². The lowest BCUT2D eigenvalue weighted by Gasteiger charge is -2.46. The fraction of sp³-hybridized carbons (Fsp3) is 0.400. The summed E-state index contributed by atoms with van der Waals surface area (Å²) >= 11 is 0. The van der Waals surface area contributed by atoms with Gasteiger partial charge < -0.3 is 10.8 Å². The van der Waals surface area contributed by atoms with Gasteiger partial charge in [0, 0.05) is 6.54 Å². The maximum absolute atomic E-state index is 5.36. The number of aryl methyl sites for hydroxylation is 1. The summed E-state index contributed by atoms with van der Waals surface area (Å²) in [5.41, 5.74) is 5.14. The Labute approximate surface area is 131 Å². The molecule has 0 aromatic heterocycles. The number of hydrogen-bond acceptors (Lipinski definition) is 2. The summed E-state index contributed by atoms with van der Waals surface area (Å²) < 4.78 is 0. The van der Waals surface area contributed by atoms with E-state index in [-0.39, 0.29) is 0 Å². The average molecular weight is 271 g/mol. The minimum Gasteiger partial charge on any atom is -0.327 e. The van der Waals surface area contributed by atoms with E-state index in [0.717, 1.165) is 13.1 Å². The van der Waals surface area contributed by atoms with Crippen LogP contribution in [0, 0.1) is 0 Å². The predicted octanol–water partition coefficient (Wildman–Crippen LogP) is -2.74. The highest BCUT2D eigenvalue weighted by Crippen LogP contribution is 2.40. The minimum absolute atomic E-state index is 0.399. The van der Waals surface area contributed by atoms with Crippen LogP contribution in [0.25, 0.3) is 0 Å². The molecule has 0 saturated carbocycles. The summed E-state index contributed by atoms with van der Waals surface area (Å²) in [6.45, 7) is 1.97. The van der Waals surface area contributed by atoms with Crippen LogP contribution in [0.15, 0.2) is 28.6 Å². The van der Waals surface area contributed by atoms with Crippen LogP contribution in [-0.2, 0) is 13.0 Å². The zero-order valence-electron chi connectivity index (χ0n) is 13.3. The van der Waals surface area contributed by atoms with Crippen LogP contribution in [0.1, 0.15) is 22.4 Å². The van der Waals surface area contributed by atoms with Gasteiger partial charge in [0.1, 0.15) is 0 Å². The van der Waals surface area contributed by atoms with E-state index < -0.39 is 0 Å². The molecule has 0 aliphatic carbocycles. The molecule has 0 saturated heterocycles. The molecule has 11 heteroatoms. The second-order valence-electron chi connectivity index (χ2n) is 6.76. The second-order valence-corrected chi connectivity index (χ2v) is 6.76. The summed E-state index contributed by atoms with van der Waals surface area (Å²) in [6.07, 6.45) is 3.05. The summed E-state index contributed by atoms with van der Waals surface area (Å²) in [5, 5.41) is 7.82. The molecule has 0 bridgehead atoms. The quantitative estimate of drug-likeness (QED) is 0.281. The Bertz CT molecular complexity index is 554. The van der Waals surface area contributed by atoms with Crippen molar-refractivity contribution in [2.24, 2.45) is 16.3 Å². The van der Waals surface area contributed by atoms with Crippen molar-refractivity contribution in [2.75, 3.05) is 0 Å². The van der Waals surface area contributed by atoms with Gasteiger partial charge in [0.2, 0.25) is 6.74 Å². The van der Waals surface area contributed by atoms with E-state index in [4.69, 9.17) is 5.84 Å². The van der Waals surface area contributed by atoms with E-state index in [1.54, 1.807) is 11.1 Å². The van der Waals surface area contributed by atoms with Gasteiger partial charge in [-0.2, -0.15) is 0 Å². The van der Waals surface area contributed by atoms with E-state index in [1.165, 1.54) is 25.4 Å². The summed E-state index contributed by atoms with van der Waals surface area (Å²) in [5.74, 6) is 5.36. The first kappa shape index (κ1) is 14.8. The standard InChI is InChI=1S/C10H19B7N4/c11-14-15-5-4-7-2-1-3-8-6-21(20-19-18)16(17(12)13)10(15)9(7)8/h1-3,10,14H,4-6,11-13H2,(H2,18,20)/t10-/m0/s1.